The quantitative estimate of drug-likeness (QED) is 0.852. The Balaban J connectivity index is 1.74. The molecule has 0 N–H and O–H groups in total. The highest BCUT2D eigenvalue weighted by molar-refractivity contribution is 7.17. The standard InChI is InChI=1S/C17H23N5OS/c1-4-22-10-6-13(7-11-22)21(3)17(23)14-12(2)20-16(24-14)15-18-8-5-9-19-15/h5,8-9,13H,4,6-7,10-11H2,1-3H3. The van der Waals surface area contributed by atoms with E-state index in [0.717, 1.165) is 38.2 Å². The van der Waals surface area contributed by atoms with Crippen LogP contribution in [0.15, 0.2) is 18.5 Å². The van der Waals surface area contributed by atoms with E-state index in [2.05, 4.69) is 26.8 Å². The normalized spacial score (nSPS) is 16.3. The molecule has 1 saturated heterocycles. The number of carbonyl (C=O) groups is 1. The number of aryl methyl sites for hydroxylation is 1. The second kappa shape index (κ2) is 7.36. The zero-order valence-corrected chi connectivity index (χ0v) is 15.2. The van der Waals surface area contributed by atoms with Gasteiger partial charge in [0, 0.05) is 38.6 Å². The van der Waals surface area contributed by atoms with Gasteiger partial charge in [-0.25, -0.2) is 15.0 Å². The fraction of sp³-hybridized carbons (Fsp3) is 0.529. The molecule has 0 spiro atoms. The van der Waals surface area contributed by atoms with Crippen LogP contribution in [-0.2, 0) is 0 Å². The fourth-order valence-electron chi connectivity index (χ4n) is 3.05. The SMILES string of the molecule is CCN1CCC(N(C)C(=O)c2sc(-c3ncccn3)nc2C)CC1. The molecule has 0 saturated carbocycles. The number of carbonyl (C=O) groups excluding carboxylic acids is 1. The van der Waals surface area contributed by atoms with Crippen molar-refractivity contribution in [1.82, 2.24) is 24.8 Å². The summed E-state index contributed by atoms with van der Waals surface area (Å²) in [5.74, 6) is 0.630. The summed E-state index contributed by atoms with van der Waals surface area (Å²) >= 11 is 1.38. The first kappa shape index (κ1) is 17.0. The van der Waals surface area contributed by atoms with E-state index in [9.17, 15) is 4.79 Å². The van der Waals surface area contributed by atoms with Crippen molar-refractivity contribution in [3.8, 4) is 10.8 Å². The molecule has 0 aliphatic carbocycles. The van der Waals surface area contributed by atoms with Crippen LogP contribution in [0.3, 0.4) is 0 Å². The van der Waals surface area contributed by atoms with Crippen LogP contribution in [0.2, 0.25) is 0 Å². The Kier molecular flexibility index (Phi) is 5.20. The van der Waals surface area contributed by atoms with Gasteiger partial charge in [0.2, 0.25) is 0 Å². The van der Waals surface area contributed by atoms with Gasteiger partial charge in [0.1, 0.15) is 4.88 Å². The van der Waals surface area contributed by atoms with Gasteiger partial charge in [0.05, 0.1) is 5.69 Å². The van der Waals surface area contributed by atoms with Crippen molar-refractivity contribution >= 4 is 17.2 Å². The van der Waals surface area contributed by atoms with Crippen LogP contribution in [0, 0.1) is 6.92 Å². The monoisotopic (exact) mass is 345 g/mol. The maximum Gasteiger partial charge on any atom is 0.265 e. The van der Waals surface area contributed by atoms with Gasteiger partial charge in [-0.1, -0.05) is 6.92 Å². The van der Waals surface area contributed by atoms with Crippen molar-refractivity contribution in [1.29, 1.82) is 0 Å². The Bertz CT molecular complexity index is 694. The Hall–Kier alpha value is -1.86. The van der Waals surface area contributed by atoms with E-state index in [1.54, 1.807) is 18.5 Å². The number of amides is 1. The predicted octanol–water partition coefficient (Wildman–Crippen LogP) is 2.46. The zero-order chi connectivity index (χ0) is 17.1. The smallest absolute Gasteiger partial charge is 0.265 e. The second-order valence-corrected chi connectivity index (χ2v) is 7.09. The van der Waals surface area contributed by atoms with Crippen molar-refractivity contribution in [3.63, 3.8) is 0 Å². The van der Waals surface area contributed by atoms with Gasteiger partial charge in [-0.2, -0.15) is 0 Å². The summed E-state index contributed by atoms with van der Waals surface area (Å²) in [4.78, 5) is 30.9. The van der Waals surface area contributed by atoms with E-state index in [1.165, 1.54) is 11.3 Å². The average Bonchev–Trinajstić information content (AvgIpc) is 3.03. The maximum absolute atomic E-state index is 12.9. The third kappa shape index (κ3) is 3.47. The molecule has 0 bridgehead atoms. The third-order valence-corrected chi connectivity index (χ3v) is 5.76. The molecule has 3 heterocycles. The van der Waals surface area contributed by atoms with Crippen LogP contribution in [0.1, 0.15) is 35.1 Å². The highest BCUT2D eigenvalue weighted by atomic mass is 32.1. The summed E-state index contributed by atoms with van der Waals surface area (Å²) in [5.41, 5.74) is 0.755. The molecule has 0 radical (unpaired) electrons. The molecule has 0 aromatic carbocycles. The largest absolute Gasteiger partial charge is 0.338 e. The Morgan fingerprint density at radius 3 is 2.62 bits per heavy atom. The van der Waals surface area contributed by atoms with E-state index in [1.807, 2.05) is 18.9 Å². The van der Waals surface area contributed by atoms with Crippen molar-refractivity contribution in [2.45, 2.75) is 32.7 Å². The number of likely N-dealkylation sites (tertiary alicyclic amines) is 1. The minimum atomic E-state index is 0.0575. The number of hydrogen-bond acceptors (Lipinski definition) is 6. The molecule has 0 unspecified atom stereocenters. The van der Waals surface area contributed by atoms with Gasteiger partial charge in [-0.3, -0.25) is 4.79 Å². The van der Waals surface area contributed by atoms with Crippen molar-refractivity contribution < 1.29 is 4.79 Å². The minimum absolute atomic E-state index is 0.0575. The molecular formula is C17H23N5OS. The number of piperidine rings is 1. The molecule has 1 amide bonds. The van der Waals surface area contributed by atoms with Crippen LogP contribution < -0.4 is 0 Å². The van der Waals surface area contributed by atoms with Crippen LogP contribution >= 0.6 is 11.3 Å². The van der Waals surface area contributed by atoms with Crippen molar-refractivity contribution in [2.24, 2.45) is 0 Å². The van der Waals surface area contributed by atoms with Crippen LogP contribution in [0.25, 0.3) is 10.8 Å². The lowest BCUT2D eigenvalue weighted by molar-refractivity contribution is 0.0650. The van der Waals surface area contributed by atoms with E-state index in [0.29, 0.717) is 21.8 Å². The second-order valence-electron chi connectivity index (χ2n) is 6.09. The summed E-state index contributed by atoms with van der Waals surface area (Å²) in [6, 6.07) is 2.07. The lowest BCUT2D eigenvalue weighted by Crippen LogP contribution is -2.45. The first-order chi connectivity index (χ1) is 11.6. The summed E-state index contributed by atoms with van der Waals surface area (Å²) in [6.45, 7) is 7.26. The molecule has 1 aliphatic rings. The summed E-state index contributed by atoms with van der Waals surface area (Å²) in [6.07, 6.45) is 5.44. The van der Waals surface area contributed by atoms with E-state index >= 15 is 0 Å². The topological polar surface area (TPSA) is 62.2 Å². The van der Waals surface area contributed by atoms with Gasteiger partial charge in [0.25, 0.3) is 5.91 Å². The molecule has 6 nitrogen and oxygen atoms in total. The summed E-state index contributed by atoms with van der Waals surface area (Å²) < 4.78 is 0. The summed E-state index contributed by atoms with van der Waals surface area (Å²) in [7, 11) is 1.91. The van der Waals surface area contributed by atoms with Crippen LogP contribution in [0.5, 0.6) is 0 Å². The molecule has 2 aromatic rings. The predicted molar refractivity (Wildman–Crippen MR) is 95.1 cm³/mol. The molecule has 1 fully saturated rings. The first-order valence-electron chi connectivity index (χ1n) is 8.34. The number of aromatic nitrogens is 3. The molecule has 3 rings (SSSR count). The van der Waals surface area contributed by atoms with Gasteiger partial charge in [-0.05, 0) is 32.4 Å². The zero-order valence-electron chi connectivity index (χ0n) is 14.4. The number of thiazole rings is 1. The lowest BCUT2D eigenvalue weighted by Gasteiger charge is -2.36. The number of nitrogens with zero attached hydrogens (tertiary/aromatic N) is 5. The van der Waals surface area contributed by atoms with Gasteiger partial charge in [0.15, 0.2) is 10.8 Å². The van der Waals surface area contributed by atoms with E-state index < -0.39 is 0 Å². The lowest BCUT2D eigenvalue weighted by atomic mass is 10.0. The number of hydrogen-bond donors (Lipinski definition) is 0. The molecule has 128 valence electrons. The van der Waals surface area contributed by atoms with Crippen molar-refractivity contribution in [2.75, 3.05) is 26.7 Å². The Labute approximate surface area is 146 Å². The average molecular weight is 345 g/mol. The Morgan fingerprint density at radius 2 is 2.00 bits per heavy atom. The van der Waals surface area contributed by atoms with Crippen LogP contribution in [-0.4, -0.2) is 63.4 Å². The highest BCUT2D eigenvalue weighted by Gasteiger charge is 2.28. The number of rotatable bonds is 4. The molecule has 2 aromatic heterocycles. The summed E-state index contributed by atoms with van der Waals surface area (Å²) in [5, 5.41) is 0.700. The molecule has 7 heteroatoms. The van der Waals surface area contributed by atoms with Gasteiger partial charge in [-0.15, -0.1) is 11.3 Å². The fourth-order valence-corrected chi connectivity index (χ4v) is 4.05. The Morgan fingerprint density at radius 1 is 1.33 bits per heavy atom. The highest BCUT2D eigenvalue weighted by Crippen LogP contribution is 2.27. The van der Waals surface area contributed by atoms with Crippen LogP contribution in [0.4, 0.5) is 0 Å². The molecular weight excluding hydrogens is 322 g/mol. The van der Waals surface area contributed by atoms with E-state index in [4.69, 9.17) is 0 Å². The van der Waals surface area contributed by atoms with Gasteiger partial charge >= 0.3 is 0 Å². The van der Waals surface area contributed by atoms with Gasteiger partial charge < -0.3 is 9.80 Å². The van der Waals surface area contributed by atoms with E-state index in [-0.39, 0.29) is 5.91 Å². The van der Waals surface area contributed by atoms with Crippen molar-refractivity contribution in [3.05, 3.63) is 29.0 Å². The molecule has 24 heavy (non-hydrogen) atoms. The first-order valence-corrected chi connectivity index (χ1v) is 9.16. The molecule has 0 atom stereocenters. The maximum atomic E-state index is 12.9. The minimum Gasteiger partial charge on any atom is -0.338 e. The molecule has 1 aliphatic heterocycles. The third-order valence-electron chi connectivity index (χ3n) is 4.62.